The van der Waals surface area contributed by atoms with Gasteiger partial charge in [0, 0.05) is 5.92 Å². The van der Waals surface area contributed by atoms with Crippen LogP contribution in [0.4, 0.5) is 0 Å². The molecule has 1 unspecified atom stereocenters. The fraction of sp³-hybridized carbons (Fsp3) is 0.912. The van der Waals surface area contributed by atoms with Crippen molar-refractivity contribution in [1.29, 1.82) is 0 Å². The van der Waals surface area contributed by atoms with Gasteiger partial charge in [-0.15, -0.1) is 0 Å². The van der Waals surface area contributed by atoms with Gasteiger partial charge in [-0.2, -0.15) is 0 Å². The molecule has 0 aliphatic rings. The molecule has 0 aliphatic heterocycles. The number of allylic oxidation sites excluding steroid dienone is 2. The summed E-state index contributed by atoms with van der Waals surface area (Å²) in [6.07, 6.45) is 44.0. The Kier molecular flexibility index (Phi) is 30.9. The first-order valence-electron chi connectivity index (χ1n) is 16.4. The van der Waals surface area contributed by atoms with Crippen molar-refractivity contribution >= 4 is 6.29 Å². The molecule has 0 amide bonds. The van der Waals surface area contributed by atoms with Crippen LogP contribution in [0.1, 0.15) is 194 Å². The first-order chi connectivity index (χ1) is 17.3. The molecule has 208 valence electrons. The fourth-order valence-electron chi connectivity index (χ4n) is 5.18. The molecule has 0 aromatic carbocycles. The Balaban J connectivity index is 3.31. The standard InChI is InChI=1S/C34H66O/c1-3-5-7-9-11-13-15-17-18-19-20-22-24-26-28-30-32-34(33-35)31-29-27-25-23-21-16-14-12-10-8-6-4-2/h17-18,33-34H,3-16,19-32H2,1-2H3/b18-17-. The summed E-state index contributed by atoms with van der Waals surface area (Å²) in [5.41, 5.74) is 0. The highest BCUT2D eigenvalue weighted by atomic mass is 16.1. The predicted octanol–water partition coefficient (Wildman–Crippen LogP) is 12.3. The van der Waals surface area contributed by atoms with Crippen LogP contribution in [0.3, 0.4) is 0 Å². The summed E-state index contributed by atoms with van der Waals surface area (Å²) in [6.45, 7) is 4.57. The van der Waals surface area contributed by atoms with Gasteiger partial charge in [0.25, 0.3) is 0 Å². The topological polar surface area (TPSA) is 17.1 Å². The zero-order valence-electron chi connectivity index (χ0n) is 24.5. The molecule has 0 rings (SSSR count). The highest BCUT2D eigenvalue weighted by Crippen LogP contribution is 2.18. The zero-order chi connectivity index (χ0) is 25.5. The fourth-order valence-corrected chi connectivity index (χ4v) is 5.18. The third-order valence-corrected chi connectivity index (χ3v) is 7.71. The Hall–Kier alpha value is -0.590. The third kappa shape index (κ3) is 29.5. The molecule has 35 heavy (non-hydrogen) atoms. The molecule has 0 spiro atoms. The zero-order valence-corrected chi connectivity index (χ0v) is 24.5. The van der Waals surface area contributed by atoms with Crippen LogP contribution in [0.5, 0.6) is 0 Å². The number of carbonyl (C=O) groups excluding carboxylic acids is 1. The van der Waals surface area contributed by atoms with E-state index in [2.05, 4.69) is 26.0 Å². The molecule has 0 aromatic heterocycles. The highest BCUT2D eigenvalue weighted by Gasteiger charge is 2.06. The van der Waals surface area contributed by atoms with Crippen molar-refractivity contribution in [3.05, 3.63) is 12.2 Å². The molecule has 0 bridgehead atoms. The Labute approximate surface area is 222 Å². The molecular weight excluding hydrogens is 424 g/mol. The van der Waals surface area contributed by atoms with E-state index < -0.39 is 0 Å². The smallest absolute Gasteiger partial charge is 0.123 e. The quantitative estimate of drug-likeness (QED) is 0.0555. The number of rotatable bonds is 30. The van der Waals surface area contributed by atoms with Gasteiger partial charge in [0.15, 0.2) is 0 Å². The van der Waals surface area contributed by atoms with E-state index in [9.17, 15) is 4.79 Å². The Morgan fingerprint density at radius 1 is 0.400 bits per heavy atom. The molecule has 0 N–H and O–H groups in total. The monoisotopic (exact) mass is 491 g/mol. The average molecular weight is 491 g/mol. The molecule has 0 aliphatic carbocycles. The number of aldehydes is 1. The average Bonchev–Trinajstić information content (AvgIpc) is 2.87. The summed E-state index contributed by atoms with van der Waals surface area (Å²) in [5.74, 6) is 0.329. The van der Waals surface area contributed by atoms with Gasteiger partial charge in [0.1, 0.15) is 6.29 Å². The minimum Gasteiger partial charge on any atom is -0.303 e. The van der Waals surface area contributed by atoms with E-state index in [1.54, 1.807) is 0 Å². The Bertz CT molecular complexity index is 413. The van der Waals surface area contributed by atoms with E-state index in [0.717, 1.165) is 12.8 Å². The van der Waals surface area contributed by atoms with Crippen molar-refractivity contribution in [2.75, 3.05) is 0 Å². The first-order valence-corrected chi connectivity index (χ1v) is 16.4. The Morgan fingerprint density at radius 3 is 1.00 bits per heavy atom. The van der Waals surface area contributed by atoms with Crippen LogP contribution in [0.2, 0.25) is 0 Å². The van der Waals surface area contributed by atoms with E-state index in [1.807, 2.05) is 0 Å². The molecule has 0 fully saturated rings. The second-order valence-corrected chi connectivity index (χ2v) is 11.3. The lowest BCUT2D eigenvalue weighted by Gasteiger charge is -2.10. The predicted molar refractivity (Wildman–Crippen MR) is 159 cm³/mol. The van der Waals surface area contributed by atoms with Crippen molar-refractivity contribution < 1.29 is 4.79 Å². The largest absolute Gasteiger partial charge is 0.303 e. The number of hydrogen-bond donors (Lipinski definition) is 0. The van der Waals surface area contributed by atoms with Crippen molar-refractivity contribution in [1.82, 2.24) is 0 Å². The van der Waals surface area contributed by atoms with Gasteiger partial charge in [-0.3, -0.25) is 0 Å². The maximum atomic E-state index is 11.4. The first kappa shape index (κ1) is 34.4. The number of carbonyl (C=O) groups is 1. The highest BCUT2D eigenvalue weighted by molar-refractivity contribution is 5.53. The lowest BCUT2D eigenvalue weighted by Crippen LogP contribution is -2.02. The lowest BCUT2D eigenvalue weighted by molar-refractivity contribution is -0.111. The molecule has 0 heterocycles. The minimum absolute atomic E-state index is 0.329. The van der Waals surface area contributed by atoms with Crippen molar-refractivity contribution in [2.45, 2.75) is 194 Å². The van der Waals surface area contributed by atoms with E-state index in [1.165, 1.54) is 173 Å². The maximum absolute atomic E-state index is 11.4. The van der Waals surface area contributed by atoms with Crippen molar-refractivity contribution in [3.8, 4) is 0 Å². The molecular formula is C34H66O. The van der Waals surface area contributed by atoms with E-state index in [4.69, 9.17) is 0 Å². The van der Waals surface area contributed by atoms with Gasteiger partial charge in [0.05, 0.1) is 0 Å². The lowest BCUT2D eigenvalue weighted by atomic mass is 9.95. The molecule has 0 aromatic rings. The van der Waals surface area contributed by atoms with E-state index >= 15 is 0 Å². The molecule has 1 atom stereocenters. The van der Waals surface area contributed by atoms with Gasteiger partial charge in [-0.1, -0.05) is 167 Å². The second-order valence-electron chi connectivity index (χ2n) is 11.3. The summed E-state index contributed by atoms with van der Waals surface area (Å²) >= 11 is 0. The minimum atomic E-state index is 0.329. The summed E-state index contributed by atoms with van der Waals surface area (Å²) < 4.78 is 0. The Morgan fingerprint density at radius 2 is 0.686 bits per heavy atom. The van der Waals surface area contributed by atoms with E-state index in [-0.39, 0.29) is 0 Å². The van der Waals surface area contributed by atoms with E-state index in [0.29, 0.717) is 5.92 Å². The van der Waals surface area contributed by atoms with Crippen LogP contribution in [0.15, 0.2) is 12.2 Å². The SMILES string of the molecule is CCCCCCCC/C=C\CCCCCCCCC(C=O)CCCCCCCCCCCCCC. The van der Waals surface area contributed by atoms with Gasteiger partial charge in [0.2, 0.25) is 0 Å². The molecule has 0 saturated heterocycles. The third-order valence-electron chi connectivity index (χ3n) is 7.71. The van der Waals surface area contributed by atoms with Crippen LogP contribution in [0, 0.1) is 5.92 Å². The van der Waals surface area contributed by atoms with Gasteiger partial charge in [-0.05, 0) is 38.5 Å². The summed E-state index contributed by atoms with van der Waals surface area (Å²) in [6, 6.07) is 0. The van der Waals surface area contributed by atoms with Crippen LogP contribution in [0.25, 0.3) is 0 Å². The number of hydrogen-bond acceptors (Lipinski definition) is 1. The summed E-state index contributed by atoms with van der Waals surface area (Å²) in [4.78, 5) is 11.4. The second kappa shape index (κ2) is 31.4. The molecule has 1 heteroatoms. The van der Waals surface area contributed by atoms with Crippen LogP contribution < -0.4 is 0 Å². The summed E-state index contributed by atoms with van der Waals surface area (Å²) in [7, 11) is 0. The van der Waals surface area contributed by atoms with Gasteiger partial charge >= 0.3 is 0 Å². The molecule has 0 radical (unpaired) electrons. The molecule has 0 saturated carbocycles. The normalized spacial score (nSPS) is 12.5. The molecule has 1 nitrogen and oxygen atoms in total. The number of unbranched alkanes of at least 4 members (excludes halogenated alkanes) is 23. The summed E-state index contributed by atoms with van der Waals surface area (Å²) in [5, 5.41) is 0. The van der Waals surface area contributed by atoms with Gasteiger partial charge in [-0.25, -0.2) is 0 Å². The van der Waals surface area contributed by atoms with Crippen LogP contribution >= 0.6 is 0 Å². The van der Waals surface area contributed by atoms with Crippen LogP contribution in [-0.4, -0.2) is 6.29 Å². The maximum Gasteiger partial charge on any atom is 0.123 e. The van der Waals surface area contributed by atoms with Gasteiger partial charge < -0.3 is 4.79 Å². The van der Waals surface area contributed by atoms with Crippen LogP contribution in [-0.2, 0) is 4.79 Å². The van der Waals surface area contributed by atoms with Crippen molar-refractivity contribution in [3.63, 3.8) is 0 Å². The van der Waals surface area contributed by atoms with Crippen molar-refractivity contribution in [2.24, 2.45) is 5.92 Å².